The van der Waals surface area contributed by atoms with Crippen molar-refractivity contribution in [2.45, 2.75) is 31.3 Å². The van der Waals surface area contributed by atoms with Gasteiger partial charge in [0.05, 0.1) is 0 Å². The molecule has 0 radical (unpaired) electrons. The first-order valence-electron chi connectivity index (χ1n) is 9.56. The third kappa shape index (κ3) is 4.68. The number of hydrogen-bond donors (Lipinski definition) is 2. The zero-order chi connectivity index (χ0) is 20.2. The van der Waals surface area contributed by atoms with E-state index in [4.69, 9.17) is 0 Å². The Kier molecular flexibility index (Phi) is 5.67. The van der Waals surface area contributed by atoms with Gasteiger partial charge < -0.3 is 9.88 Å². The lowest BCUT2D eigenvalue weighted by Crippen LogP contribution is -2.11. The summed E-state index contributed by atoms with van der Waals surface area (Å²) in [5.74, 6) is 1.24. The van der Waals surface area contributed by atoms with Crippen molar-refractivity contribution in [3.8, 4) is 0 Å². The Labute approximate surface area is 173 Å². The first kappa shape index (κ1) is 19.3. The predicted octanol–water partition coefficient (Wildman–Crippen LogP) is 4.96. The maximum absolute atomic E-state index is 12.6. The summed E-state index contributed by atoms with van der Waals surface area (Å²) in [5, 5.41) is 11.6. The highest BCUT2D eigenvalue weighted by molar-refractivity contribution is 7.98. The van der Waals surface area contributed by atoms with Crippen molar-refractivity contribution >= 4 is 34.3 Å². The smallest absolute Gasteiger partial charge is 0.255 e. The largest absolute Gasteiger partial charge is 0.347 e. The second kappa shape index (κ2) is 8.53. The Morgan fingerprint density at radius 3 is 2.72 bits per heavy atom. The van der Waals surface area contributed by atoms with Gasteiger partial charge in [0.1, 0.15) is 6.33 Å². The fraction of sp³-hybridized carbons (Fsp3) is 0.227. The van der Waals surface area contributed by atoms with Gasteiger partial charge in [0.2, 0.25) is 0 Å². The molecular weight excluding hydrogens is 382 g/mol. The zero-order valence-corrected chi connectivity index (χ0v) is 17.2. The number of benzene rings is 2. The van der Waals surface area contributed by atoms with Crippen molar-refractivity contribution in [1.82, 2.24) is 19.7 Å². The summed E-state index contributed by atoms with van der Waals surface area (Å²) in [5.41, 5.74) is 3.74. The minimum absolute atomic E-state index is 0.111. The zero-order valence-electron chi connectivity index (χ0n) is 16.4. The third-order valence-electron chi connectivity index (χ3n) is 4.58. The van der Waals surface area contributed by atoms with E-state index in [-0.39, 0.29) is 5.91 Å². The summed E-state index contributed by atoms with van der Waals surface area (Å²) >= 11 is 1.57. The number of aromatic amines is 1. The number of rotatable bonds is 7. The van der Waals surface area contributed by atoms with E-state index in [2.05, 4.69) is 57.2 Å². The molecule has 1 amide bonds. The summed E-state index contributed by atoms with van der Waals surface area (Å²) in [6.07, 6.45) is 3.60. The van der Waals surface area contributed by atoms with Crippen LogP contribution in [0.5, 0.6) is 0 Å². The SMILES string of the molecule is CC(C)Cn1ccc2cc(NC(=O)c3ccc(CSc4ncn[nH]4)cc3)ccc21. The fourth-order valence-electron chi connectivity index (χ4n) is 3.20. The van der Waals surface area contributed by atoms with Gasteiger partial charge in [0.25, 0.3) is 5.91 Å². The number of anilines is 1. The Hall–Kier alpha value is -3.06. The number of thioether (sulfide) groups is 1. The van der Waals surface area contributed by atoms with Crippen molar-refractivity contribution in [2.24, 2.45) is 5.92 Å². The van der Waals surface area contributed by atoms with Gasteiger partial charge in [-0.05, 0) is 47.9 Å². The number of nitrogens with one attached hydrogen (secondary N) is 2. The Balaban J connectivity index is 1.40. The number of amides is 1. The standard InChI is InChI=1S/C22H23N5OS/c1-15(2)12-27-10-9-18-11-19(7-8-20(18)27)25-21(28)17-5-3-16(4-6-17)13-29-22-23-14-24-26-22/h3-11,14-15H,12-13H2,1-2H3,(H,25,28)(H,23,24,26). The predicted molar refractivity (Wildman–Crippen MR) is 117 cm³/mol. The Bertz CT molecular complexity index is 1100. The van der Waals surface area contributed by atoms with Crippen LogP contribution in [0.1, 0.15) is 29.8 Å². The van der Waals surface area contributed by atoms with Gasteiger partial charge in [-0.15, -0.1) is 0 Å². The van der Waals surface area contributed by atoms with Crippen LogP contribution in [0.15, 0.2) is 66.2 Å². The summed E-state index contributed by atoms with van der Waals surface area (Å²) in [6.45, 7) is 5.40. The van der Waals surface area contributed by atoms with Crippen LogP contribution in [0.2, 0.25) is 0 Å². The van der Waals surface area contributed by atoms with Gasteiger partial charge in [-0.25, -0.2) is 4.98 Å². The van der Waals surface area contributed by atoms with Gasteiger partial charge >= 0.3 is 0 Å². The van der Waals surface area contributed by atoms with Crippen molar-refractivity contribution in [1.29, 1.82) is 0 Å². The van der Waals surface area contributed by atoms with Gasteiger partial charge in [0, 0.05) is 40.6 Å². The Morgan fingerprint density at radius 1 is 1.17 bits per heavy atom. The second-order valence-corrected chi connectivity index (χ2v) is 8.33. The van der Waals surface area contributed by atoms with Gasteiger partial charge in [-0.1, -0.05) is 37.7 Å². The summed E-state index contributed by atoms with van der Waals surface area (Å²) in [6, 6.07) is 15.8. The topological polar surface area (TPSA) is 75.6 Å². The monoisotopic (exact) mass is 405 g/mol. The molecule has 6 nitrogen and oxygen atoms in total. The lowest BCUT2D eigenvalue weighted by atomic mass is 10.1. The highest BCUT2D eigenvalue weighted by Gasteiger charge is 2.09. The number of carbonyl (C=O) groups excluding carboxylic acids is 1. The molecule has 0 aliphatic heterocycles. The lowest BCUT2D eigenvalue weighted by Gasteiger charge is -2.10. The molecule has 2 heterocycles. The maximum Gasteiger partial charge on any atom is 0.255 e. The number of carbonyl (C=O) groups is 1. The first-order valence-corrected chi connectivity index (χ1v) is 10.5. The number of H-pyrrole nitrogens is 1. The number of aromatic nitrogens is 4. The summed E-state index contributed by atoms with van der Waals surface area (Å²) in [7, 11) is 0. The molecule has 0 atom stereocenters. The van der Waals surface area contributed by atoms with Crippen LogP contribution in [-0.4, -0.2) is 25.7 Å². The van der Waals surface area contributed by atoms with Crippen LogP contribution < -0.4 is 5.32 Å². The Morgan fingerprint density at radius 2 is 2.00 bits per heavy atom. The van der Waals surface area contributed by atoms with Crippen molar-refractivity contribution in [3.05, 3.63) is 72.2 Å². The van der Waals surface area contributed by atoms with Crippen LogP contribution >= 0.6 is 11.8 Å². The molecule has 7 heteroatoms. The van der Waals surface area contributed by atoms with Crippen molar-refractivity contribution in [2.75, 3.05) is 5.32 Å². The van der Waals surface area contributed by atoms with Crippen LogP contribution in [0.4, 0.5) is 5.69 Å². The summed E-state index contributed by atoms with van der Waals surface area (Å²) < 4.78 is 2.25. The number of nitrogens with zero attached hydrogens (tertiary/aromatic N) is 3. The molecule has 0 saturated heterocycles. The minimum Gasteiger partial charge on any atom is -0.347 e. The average molecular weight is 406 g/mol. The first-order chi connectivity index (χ1) is 14.1. The molecule has 2 aromatic heterocycles. The molecule has 0 bridgehead atoms. The van der Waals surface area contributed by atoms with Gasteiger partial charge in [-0.3, -0.25) is 9.89 Å². The molecule has 29 heavy (non-hydrogen) atoms. The van der Waals surface area contributed by atoms with Gasteiger partial charge in [0.15, 0.2) is 5.16 Å². The fourth-order valence-corrected chi connectivity index (χ4v) is 3.94. The van der Waals surface area contributed by atoms with E-state index in [1.165, 1.54) is 11.8 Å². The van der Waals surface area contributed by atoms with E-state index in [0.717, 1.165) is 34.1 Å². The quantitative estimate of drug-likeness (QED) is 0.426. The van der Waals surface area contributed by atoms with Crippen LogP contribution in [-0.2, 0) is 12.3 Å². The highest BCUT2D eigenvalue weighted by Crippen LogP contribution is 2.23. The molecule has 0 aliphatic carbocycles. The van der Waals surface area contributed by atoms with E-state index < -0.39 is 0 Å². The normalized spacial score (nSPS) is 11.3. The minimum atomic E-state index is -0.111. The van der Waals surface area contributed by atoms with Crippen LogP contribution in [0.25, 0.3) is 10.9 Å². The molecular formula is C22H23N5OS. The number of fused-ring (bicyclic) bond motifs is 1. The van der Waals surface area contributed by atoms with Gasteiger partial charge in [-0.2, -0.15) is 5.10 Å². The molecule has 2 N–H and O–H groups in total. The molecule has 148 valence electrons. The molecule has 2 aromatic carbocycles. The van der Waals surface area contributed by atoms with Crippen LogP contribution in [0, 0.1) is 5.92 Å². The highest BCUT2D eigenvalue weighted by atomic mass is 32.2. The molecule has 0 fully saturated rings. The summed E-state index contributed by atoms with van der Waals surface area (Å²) in [4.78, 5) is 16.7. The molecule has 0 unspecified atom stereocenters. The van der Waals surface area contributed by atoms with E-state index >= 15 is 0 Å². The molecule has 0 aliphatic rings. The average Bonchev–Trinajstić information content (AvgIpc) is 3.36. The third-order valence-corrected chi connectivity index (χ3v) is 5.52. The van der Waals surface area contributed by atoms with E-state index in [9.17, 15) is 4.79 Å². The number of hydrogen-bond acceptors (Lipinski definition) is 4. The van der Waals surface area contributed by atoms with Crippen molar-refractivity contribution < 1.29 is 4.79 Å². The molecule has 0 saturated carbocycles. The van der Waals surface area contributed by atoms with E-state index in [1.807, 2.05) is 36.4 Å². The maximum atomic E-state index is 12.6. The van der Waals surface area contributed by atoms with Crippen molar-refractivity contribution in [3.63, 3.8) is 0 Å². The molecule has 4 rings (SSSR count). The molecule has 4 aromatic rings. The molecule has 0 spiro atoms. The lowest BCUT2D eigenvalue weighted by molar-refractivity contribution is 0.102. The van der Waals surface area contributed by atoms with Crippen LogP contribution in [0.3, 0.4) is 0 Å². The van der Waals surface area contributed by atoms with E-state index in [0.29, 0.717) is 11.5 Å². The van der Waals surface area contributed by atoms with E-state index in [1.54, 1.807) is 11.8 Å². The second-order valence-electron chi connectivity index (χ2n) is 7.37.